The molecule has 124 valence electrons. The van der Waals surface area contributed by atoms with Gasteiger partial charge in [-0.2, -0.15) is 0 Å². The van der Waals surface area contributed by atoms with Gasteiger partial charge in [0.1, 0.15) is 19.0 Å². The van der Waals surface area contributed by atoms with E-state index in [-0.39, 0.29) is 17.5 Å². The van der Waals surface area contributed by atoms with Crippen LogP contribution in [0.2, 0.25) is 0 Å². The van der Waals surface area contributed by atoms with Gasteiger partial charge in [-0.15, -0.1) is 0 Å². The molecule has 1 atom stereocenters. The standard InChI is InChI=1S/C19H18FNO3/c20-15-5-2-1-4-14(15)19(22)21-9-3-6-16(21)13-7-8-17-18(12-13)24-11-10-23-17/h1-2,4-5,7-8,12,16H,3,6,9-11H2/t16-/m0/s1. The summed E-state index contributed by atoms with van der Waals surface area (Å²) >= 11 is 0. The van der Waals surface area contributed by atoms with Gasteiger partial charge in [0, 0.05) is 6.54 Å². The predicted octanol–water partition coefficient (Wildman–Crippen LogP) is 3.57. The molecule has 1 amide bonds. The Balaban J connectivity index is 1.63. The molecule has 0 unspecified atom stereocenters. The van der Waals surface area contributed by atoms with Crippen LogP contribution in [-0.4, -0.2) is 30.6 Å². The van der Waals surface area contributed by atoms with E-state index in [1.165, 1.54) is 12.1 Å². The molecule has 4 nitrogen and oxygen atoms in total. The number of nitrogens with zero attached hydrogens (tertiary/aromatic N) is 1. The number of hydrogen-bond donors (Lipinski definition) is 0. The first-order chi connectivity index (χ1) is 11.7. The Hall–Kier alpha value is -2.56. The van der Waals surface area contributed by atoms with E-state index in [0.717, 1.165) is 24.2 Å². The highest BCUT2D eigenvalue weighted by Crippen LogP contribution is 2.38. The van der Waals surface area contributed by atoms with Crippen molar-refractivity contribution in [1.82, 2.24) is 4.90 Å². The van der Waals surface area contributed by atoms with Crippen LogP contribution < -0.4 is 9.47 Å². The molecule has 2 aromatic carbocycles. The van der Waals surface area contributed by atoms with Crippen LogP contribution in [0, 0.1) is 5.82 Å². The topological polar surface area (TPSA) is 38.8 Å². The SMILES string of the molecule is O=C(c1ccccc1F)N1CCC[C@H]1c1ccc2c(c1)OCCO2. The van der Waals surface area contributed by atoms with Crippen LogP contribution in [0.5, 0.6) is 11.5 Å². The summed E-state index contributed by atoms with van der Waals surface area (Å²) in [7, 11) is 0. The molecular formula is C19H18FNO3. The molecule has 0 N–H and O–H groups in total. The second kappa shape index (κ2) is 6.15. The summed E-state index contributed by atoms with van der Waals surface area (Å²) in [6.45, 7) is 1.71. The van der Waals surface area contributed by atoms with Gasteiger partial charge in [-0.25, -0.2) is 4.39 Å². The van der Waals surface area contributed by atoms with E-state index in [1.54, 1.807) is 17.0 Å². The Labute approximate surface area is 139 Å². The molecule has 2 aliphatic heterocycles. The van der Waals surface area contributed by atoms with E-state index in [1.807, 2.05) is 18.2 Å². The van der Waals surface area contributed by atoms with Gasteiger partial charge in [0.15, 0.2) is 11.5 Å². The number of halogens is 1. The molecule has 2 aliphatic rings. The lowest BCUT2D eigenvalue weighted by Gasteiger charge is -2.27. The normalized spacial score (nSPS) is 19.4. The summed E-state index contributed by atoms with van der Waals surface area (Å²) in [5.74, 6) is 0.708. The number of carbonyl (C=O) groups excluding carboxylic acids is 1. The van der Waals surface area contributed by atoms with E-state index in [0.29, 0.717) is 25.5 Å². The van der Waals surface area contributed by atoms with Crippen molar-refractivity contribution >= 4 is 5.91 Å². The van der Waals surface area contributed by atoms with Gasteiger partial charge in [-0.3, -0.25) is 4.79 Å². The van der Waals surface area contributed by atoms with Crippen LogP contribution in [0.25, 0.3) is 0 Å². The minimum Gasteiger partial charge on any atom is -0.486 e. The molecule has 0 radical (unpaired) electrons. The monoisotopic (exact) mass is 327 g/mol. The van der Waals surface area contributed by atoms with E-state index in [9.17, 15) is 9.18 Å². The van der Waals surface area contributed by atoms with Crippen LogP contribution >= 0.6 is 0 Å². The summed E-state index contributed by atoms with van der Waals surface area (Å²) in [6, 6.07) is 11.9. The molecule has 0 spiro atoms. The lowest BCUT2D eigenvalue weighted by atomic mass is 10.0. The van der Waals surface area contributed by atoms with Gasteiger partial charge in [0.05, 0.1) is 11.6 Å². The summed E-state index contributed by atoms with van der Waals surface area (Å²) < 4.78 is 25.1. The highest BCUT2D eigenvalue weighted by Gasteiger charge is 2.32. The number of carbonyl (C=O) groups is 1. The second-order valence-corrected chi connectivity index (χ2v) is 6.04. The van der Waals surface area contributed by atoms with Crippen molar-refractivity contribution in [3.63, 3.8) is 0 Å². The zero-order valence-electron chi connectivity index (χ0n) is 13.2. The lowest BCUT2D eigenvalue weighted by molar-refractivity contribution is 0.0730. The second-order valence-electron chi connectivity index (χ2n) is 6.04. The number of hydrogen-bond acceptors (Lipinski definition) is 3. The number of rotatable bonds is 2. The molecule has 2 aromatic rings. The van der Waals surface area contributed by atoms with Crippen molar-refractivity contribution in [3.8, 4) is 11.5 Å². The van der Waals surface area contributed by atoms with Crippen molar-refractivity contribution in [3.05, 3.63) is 59.4 Å². The van der Waals surface area contributed by atoms with Crippen LogP contribution in [-0.2, 0) is 0 Å². The van der Waals surface area contributed by atoms with Crippen LogP contribution in [0.1, 0.15) is 34.8 Å². The Kier molecular flexibility index (Phi) is 3.84. The van der Waals surface area contributed by atoms with E-state index >= 15 is 0 Å². The summed E-state index contributed by atoms with van der Waals surface area (Å²) in [4.78, 5) is 14.5. The third-order valence-corrected chi connectivity index (χ3v) is 4.57. The Morgan fingerprint density at radius 3 is 2.71 bits per heavy atom. The molecule has 0 bridgehead atoms. The van der Waals surface area contributed by atoms with Crippen LogP contribution in [0.4, 0.5) is 4.39 Å². The van der Waals surface area contributed by atoms with Crippen molar-refractivity contribution < 1.29 is 18.7 Å². The first kappa shape index (κ1) is 15.0. The van der Waals surface area contributed by atoms with Crippen LogP contribution in [0.15, 0.2) is 42.5 Å². The van der Waals surface area contributed by atoms with Gasteiger partial charge in [0.25, 0.3) is 5.91 Å². The average Bonchev–Trinajstić information content (AvgIpc) is 3.11. The van der Waals surface area contributed by atoms with Gasteiger partial charge in [0.2, 0.25) is 0 Å². The third-order valence-electron chi connectivity index (χ3n) is 4.57. The molecule has 1 saturated heterocycles. The zero-order chi connectivity index (χ0) is 16.5. The number of ether oxygens (including phenoxy) is 2. The summed E-state index contributed by atoms with van der Waals surface area (Å²) in [5.41, 5.74) is 1.13. The van der Waals surface area contributed by atoms with E-state index < -0.39 is 5.82 Å². The van der Waals surface area contributed by atoms with Gasteiger partial charge in [-0.05, 0) is 42.7 Å². The maximum atomic E-state index is 14.0. The van der Waals surface area contributed by atoms with E-state index in [2.05, 4.69) is 0 Å². The van der Waals surface area contributed by atoms with Crippen molar-refractivity contribution in [2.24, 2.45) is 0 Å². The lowest BCUT2D eigenvalue weighted by Crippen LogP contribution is -2.31. The molecule has 0 aliphatic carbocycles. The first-order valence-corrected chi connectivity index (χ1v) is 8.19. The number of fused-ring (bicyclic) bond motifs is 1. The highest BCUT2D eigenvalue weighted by atomic mass is 19.1. The van der Waals surface area contributed by atoms with Gasteiger partial charge < -0.3 is 14.4 Å². The number of amides is 1. The fourth-order valence-electron chi connectivity index (χ4n) is 3.41. The first-order valence-electron chi connectivity index (χ1n) is 8.19. The quantitative estimate of drug-likeness (QED) is 0.846. The number of likely N-dealkylation sites (tertiary alicyclic amines) is 1. The third kappa shape index (κ3) is 2.60. The molecule has 4 rings (SSSR count). The largest absolute Gasteiger partial charge is 0.486 e. The molecule has 0 aromatic heterocycles. The Bertz CT molecular complexity index is 777. The van der Waals surface area contributed by atoms with Gasteiger partial charge in [-0.1, -0.05) is 18.2 Å². The van der Waals surface area contributed by atoms with E-state index in [4.69, 9.17) is 9.47 Å². The number of benzene rings is 2. The average molecular weight is 327 g/mol. The molecule has 1 fully saturated rings. The maximum absolute atomic E-state index is 14.0. The summed E-state index contributed by atoms with van der Waals surface area (Å²) in [6.07, 6.45) is 1.76. The fourth-order valence-corrected chi connectivity index (χ4v) is 3.41. The molecular weight excluding hydrogens is 309 g/mol. The highest BCUT2D eigenvalue weighted by molar-refractivity contribution is 5.95. The minimum atomic E-state index is -0.477. The van der Waals surface area contributed by atoms with Crippen molar-refractivity contribution in [2.75, 3.05) is 19.8 Å². The molecule has 2 heterocycles. The van der Waals surface area contributed by atoms with Crippen molar-refractivity contribution in [2.45, 2.75) is 18.9 Å². The Morgan fingerprint density at radius 2 is 1.88 bits per heavy atom. The van der Waals surface area contributed by atoms with Crippen LogP contribution in [0.3, 0.4) is 0 Å². The minimum absolute atomic E-state index is 0.0621. The smallest absolute Gasteiger partial charge is 0.257 e. The van der Waals surface area contributed by atoms with Gasteiger partial charge >= 0.3 is 0 Å². The molecule has 24 heavy (non-hydrogen) atoms. The molecule has 0 saturated carbocycles. The maximum Gasteiger partial charge on any atom is 0.257 e. The predicted molar refractivity (Wildman–Crippen MR) is 86.8 cm³/mol. The van der Waals surface area contributed by atoms with Crippen molar-refractivity contribution in [1.29, 1.82) is 0 Å². The fraction of sp³-hybridized carbons (Fsp3) is 0.316. The summed E-state index contributed by atoms with van der Waals surface area (Å²) in [5, 5.41) is 0. The Morgan fingerprint density at radius 1 is 1.08 bits per heavy atom. The molecule has 5 heteroatoms. The zero-order valence-corrected chi connectivity index (χ0v) is 13.2.